The van der Waals surface area contributed by atoms with Crippen LogP contribution in [0.3, 0.4) is 0 Å². The summed E-state index contributed by atoms with van der Waals surface area (Å²) in [5, 5.41) is 0.460. The number of fused-ring (bicyclic) bond motifs is 1. The zero-order valence-corrected chi connectivity index (χ0v) is 22.3. The molecule has 0 amide bonds. The van der Waals surface area contributed by atoms with Crippen LogP contribution in [0, 0.1) is 0 Å². The first-order valence-electron chi connectivity index (χ1n) is 10.6. The molecule has 0 radical (unpaired) electrons. The highest BCUT2D eigenvalue weighted by molar-refractivity contribution is 9.10. The molecule has 2 aromatic carbocycles. The predicted molar refractivity (Wildman–Crippen MR) is 140 cm³/mol. The quantitative estimate of drug-likeness (QED) is 0.437. The second-order valence-corrected chi connectivity index (χ2v) is 10.2. The van der Waals surface area contributed by atoms with E-state index in [9.17, 15) is 9.59 Å². The van der Waals surface area contributed by atoms with E-state index in [1.165, 1.54) is 11.3 Å². The minimum absolute atomic E-state index is 0.215. The molecule has 0 N–H and O–H groups in total. The van der Waals surface area contributed by atoms with Gasteiger partial charge in [-0.1, -0.05) is 47.2 Å². The highest BCUT2D eigenvalue weighted by Gasteiger charge is 2.34. The van der Waals surface area contributed by atoms with Gasteiger partial charge in [0.2, 0.25) is 0 Å². The Kier molecular flexibility index (Phi) is 7.12. The van der Waals surface area contributed by atoms with Crippen molar-refractivity contribution in [3.63, 3.8) is 0 Å². The summed E-state index contributed by atoms with van der Waals surface area (Å²) in [5.41, 5.74) is 3.13. The van der Waals surface area contributed by atoms with E-state index >= 15 is 0 Å². The number of anilines is 1. The van der Waals surface area contributed by atoms with Gasteiger partial charge in [0.25, 0.3) is 5.56 Å². The van der Waals surface area contributed by atoms with Gasteiger partial charge in [0.05, 0.1) is 28.1 Å². The van der Waals surface area contributed by atoms with E-state index in [4.69, 9.17) is 16.3 Å². The molecule has 1 aliphatic rings. The Hall–Kier alpha value is -2.68. The number of esters is 1. The molecule has 176 valence electrons. The lowest BCUT2D eigenvalue weighted by atomic mass is 9.96. The zero-order chi connectivity index (χ0) is 24.6. The average molecular weight is 561 g/mol. The standard InChI is InChI=1S/C25H23BrClN3O3S/c1-5-33-24(32)21-14(2)28-25-30(22(21)16-8-6-7-9-18(16)27)23(31)20(34-25)13-15-10-11-19(29(3)4)17(26)12-15/h6-13,22H,5H2,1-4H3/t22-/m0/s1. The Morgan fingerprint density at radius 2 is 2.03 bits per heavy atom. The molecule has 0 fully saturated rings. The van der Waals surface area contributed by atoms with E-state index in [-0.39, 0.29) is 12.2 Å². The van der Waals surface area contributed by atoms with E-state index < -0.39 is 12.0 Å². The van der Waals surface area contributed by atoms with Crippen molar-refractivity contribution in [2.24, 2.45) is 4.99 Å². The summed E-state index contributed by atoms with van der Waals surface area (Å²) in [7, 11) is 3.94. The van der Waals surface area contributed by atoms with E-state index in [1.807, 2.05) is 61.5 Å². The summed E-state index contributed by atoms with van der Waals surface area (Å²) in [4.78, 5) is 33.7. The molecule has 0 spiro atoms. The summed E-state index contributed by atoms with van der Waals surface area (Å²) in [5.74, 6) is -0.508. The lowest BCUT2D eigenvalue weighted by molar-refractivity contribution is -0.139. The number of nitrogens with zero attached hydrogens (tertiary/aromatic N) is 3. The second kappa shape index (κ2) is 9.90. The van der Waals surface area contributed by atoms with Crippen LogP contribution < -0.4 is 19.8 Å². The van der Waals surface area contributed by atoms with Crippen LogP contribution in [0.4, 0.5) is 5.69 Å². The van der Waals surface area contributed by atoms with Crippen LogP contribution in [0.5, 0.6) is 0 Å². The minimum Gasteiger partial charge on any atom is -0.463 e. The molecule has 2 heterocycles. The molecule has 0 saturated carbocycles. The lowest BCUT2D eigenvalue weighted by Crippen LogP contribution is -2.40. The summed E-state index contributed by atoms with van der Waals surface area (Å²) < 4.78 is 8.29. The number of thiazole rings is 1. The first-order valence-corrected chi connectivity index (χ1v) is 12.6. The highest BCUT2D eigenvalue weighted by atomic mass is 79.9. The van der Waals surface area contributed by atoms with Crippen LogP contribution in [-0.4, -0.2) is 31.2 Å². The summed E-state index contributed by atoms with van der Waals surface area (Å²) in [6, 6.07) is 12.4. The molecule has 1 aromatic heterocycles. The molecule has 1 aliphatic heterocycles. The van der Waals surface area contributed by atoms with E-state index in [1.54, 1.807) is 24.5 Å². The molecule has 34 heavy (non-hydrogen) atoms. The monoisotopic (exact) mass is 559 g/mol. The van der Waals surface area contributed by atoms with Crippen molar-refractivity contribution in [2.45, 2.75) is 19.9 Å². The van der Waals surface area contributed by atoms with Gasteiger partial charge in [-0.05, 0) is 65.2 Å². The van der Waals surface area contributed by atoms with Crippen molar-refractivity contribution < 1.29 is 9.53 Å². The van der Waals surface area contributed by atoms with Gasteiger partial charge in [-0.2, -0.15) is 0 Å². The Morgan fingerprint density at radius 1 is 1.29 bits per heavy atom. The van der Waals surface area contributed by atoms with E-state index in [0.29, 0.717) is 31.2 Å². The largest absolute Gasteiger partial charge is 0.463 e. The van der Waals surface area contributed by atoms with Gasteiger partial charge in [-0.25, -0.2) is 9.79 Å². The maximum atomic E-state index is 13.7. The molecule has 4 rings (SSSR count). The van der Waals surface area contributed by atoms with Crippen LogP contribution in [0.15, 0.2) is 68.0 Å². The van der Waals surface area contributed by atoms with Gasteiger partial charge in [0.15, 0.2) is 4.80 Å². The van der Waals surface area contributed by atoms with Crippen molar-refractivity contribution in [2.75, 3.05) is 25.6 Å². The van der Waals surface area contributed by atoms with Crippen molar-refractivity contribution >= 4 is 56.6 Å². The lowest BCUT2D eigenvalue weighted by Gasteiger charge is -2.25. The normalized spacial score (nSPS) is 15.7. The molecule has 1 atom stereocenters. The molecule has 6 nitrogen and oxygen atoms in total. The Balaban J connectivity index is 1.94. The third-order valence-corrected chi connectivity index (χ3v) is 7.43. The Morgan fingerprint density at radius 3 is 2.68 bits per heavy atom. The fraction of sp³-hybridized carbons (Fsp3) is 0.240. The Labute approximate surface area is 214 Å². The number of carbonyl (C=O) groups excluding carboxylic acids is 1. The smallest absolute Gasteiger partial charge is 0.338 e. The Bertz CT molecular complexity index is 1490. The summed E-state index contributed by atoms with van der Waals surface area (Å²) in [6.45, 7) is 3.71. The molecule has 9 heteroatoms. The number of ether oxygens (including phenoxy) is 1. The van der Waals surface area contributed by atoms with Gasteiger partial charge in [-0.3, -0.25) is 9.36 Å². The molecule has 0 unspecified atom stereocenters. The second-order valence-electron chi connectivity index (χ2n) is 7.93. The van der Waals surface area contributed by atoms with Crippen molar-refractivity contribution in [1.29, 1.82) is 0 Å². The van der Waals surface area contributed by atoms with Gasteiger partial charge in [0.1, 0.15) is 6.04 Å². The molecular formula is C25H23BrClN3O3S. The highest BCUT2D eigenvalue weighted by Crippen LogP contribution is 2.34. The van der Waals surface area contributed by atoms with Crippen molar-refractivity contribution in [3.8, 4) is 0 Å². The maximum Gasteiger partial charge on any atom is 0.338 e. The number of carbonyl (C=O) groups is 1. The topological polar surface area (TPSA) is 63.9 Å². The van der Waals surface area contributed by atoms with Crippen molar-refractivity contribution in [3.05, 3.63) is 94.0 Å². The minimum atomic E-state index is -0.728. The molecule has 0 bridgehead atoms. The summed E-state index contributed by atoms with van der Waals surface area (Å²) >= 11 is 11.4. The zero-order valence-electron chi connectivity index (χ0n) is 19.1. The number of halogens is 2. The molecule has 3 aromatic rings. The SMILES string of the molecule is CCOC(=O)C1=C(C)N=c2sc(=Cc3ccc(N(C)C)c(Br)c3)c(=O)n2[C@H]1c1ccccc1Cl. The molecular weight excluding hydrogens is 538 g/mol. The first-order chi connectivity index (χ1) is 16.2. The van der Waals surface area contributed by atoms with Gasteiger partial charge in [-0.15, -0.1) is 0 Å². The number of benzene rings is 2. The van der Waals surface area contributed by atoms with Crippen molar-refractivity contribution in [1.82, 2.24) is 4.57 Å². The number of hydrogen-bond donors (Lipinski definition) is 0. The average Bonchev–Trinajstić information content (AvgIpc) is 3.07. The van der Waals surface area contributed by atoms with Crippen LogP contribution in [0.2, 0.25) is 5.02 Å². The van der Waals surface area contributed by atoms with Crippen LogP contribution in [0.1, 0.15) is 31.0 Å². The van der Waals surface area contributed by atoms with Gasteiger partial charge >= 0.3 is 5.97 Å². The number of rotatable bonds is 5. The number of aromatic nitrogens is 1. The fourth-order valence-electron chi connectivity index (χ4n) is 3.91. The van der Waals surface area contributed by atoms with E-state index in [2.05, 4.69) is 20.9 Å². The van der Waals surface area contributed by atoms with Gasteiger partial charge in [0, 0.05) is 23.6 Å². The third-order valence-electron chi connectivity index (χ3n) is 5.47. The third kappa shape index (κ3) is 4.50. The predicted octanol–water partition coefficient (Wildman–Crippen LogP) is 4.28. The van der Waals surface area contributed by atoms with Gasteiger partial charge < -0.3 is 9.64 Å². The maximum absolute atomic E-state index is 13.7. The molecule has 0 saturated heterocycles. The number of hydrogen-bond acceptors (Lipinski definition) is 6. The molecule has 0 aliphatic carbocycles. The van der Waals surface area contributed by atoms with Crippen LogP contribution >= 0.6 is 38.9 Å². The van der Waals surface area contributed by atoms with Crippen LogP contribution in [0.25, 0.3) is 6.08 Å². The van der Waals surface area contributed by atoms with Crippen LogP contribution in [-0.2, 0) is 9.53 Å². The number of allylic oxidation sites excluding steroid dienone is 1. The fourth-order valence-corrected chi connectivity index (χ4v) is 5.95. The summed E-state index contributed by atoms with van der Waals surface area (Å²) in [6.07, 6.45) is 1.83. The van der Waals surface area contributed by atoms with E-state index in [0.717, 1.165) is 15.7 Å². The first kappa shape index (κ1) is 24.4.